The summed E-state index contributed by atoms with van der Waals surface area (Å²) < 4.78 is 0. The highest BCUT2D eigenvalue weighted by molar-refractivity contribution is 7.20. The number of hydrogen-bond acceptors (Lipinski definition) is 7. The van der Waals surface area contributed by atoms with Crippen LogP contribution < -0.4 is 5.32 Å². The highest BCUT2D eigenvalue weighted by Gasteiger charge is 2.27. The molecule has 1 aliphatic heterocycles. The zero-order chi connectivity index (χ0) is 20.4. The van der Waals surface area contributed by atoms with Crippen LogP contribution in [0.1, 0.15) is 52.3 Å². The first-order valence-corrected chi connectivity index (χ1v) is 11.8. The summed E-state index contributed by atoms with van der Waals surface area (Å²) in [6.45, 7) is 5.75. The van der Waals surface area contributed by atoms with Gasteiger partial charge in [-0.25, -0.2) is 9.97 Å². The molecule has 3 aromatic rings. The third-order valence-corrected chi connectivity index (χ3v) is 7.86. The van der Waals surface area contributed by atoms with Crippen LogP contribution in [0.2, 0.25) is 0 Å². The monoisotopic (exact) mass is 430 g/mol. The number of aromatic nitrogens is 2. The van der Waals surface area contributed by atoms with E-state index in [0.29, 0.717) is 19.0 Å². The summed E-state index contributed by atoms with van der Waals surface area (Å²) in [6.07, 6.45) is 4.24. The molecule has 2 N–H and O–H groups in total. The fraction of sp³-hybridized carbons (Fsp3) is 0.476. The molecule has 8 heteroatoms. The smallest absolute Gasteiger partial charge is 0.264 e. The molecule has 1 fully saturated rings. The second kappa shape index (κ2) is 8.77. The minimum absolute atomic E-state index is 0.0677. The lowest BCUT2D eigenvalue weighted by molar-refractivity contribution is 0.0655. The molecule has 0 bridgehead atoms. The molecule has 4 heterocycles. The Morgan fingerprint density at radius 3 is 2.83 bits per heavy atom. The first kappa shape index (κ1) is 20.3. The van der Waals surface area contributed by atoms with Crippen molar-refractivity contribution in [1.82, 2.24) is 14.9 Å². The van der Waals surface area contributed by atoms with E-state index in [-0.39, 0.29) is 18.6 Å². The maximum atomic E-state index is 13.2. The van der Waals surface area contributed by atoms with Gasteiger partial charge >= 0.3 is 0 Å². The fourth-order valence-corrected chi connectivity index (χ4v) is 5.85. The van der Waals surface area contributed by atoms with Gasteiger partial charge in [-0.2, -0.15) is 0 Å². The lowest BCUT2D eigenvalue weighted by Crippen LogP contribution is -2.39. The number of hydrogen-bond donors (Lipinski definition) is 2. The summed E-state index contributed by atoms with van der Waals surface area (Å²) in [5.41, 5.74) is 0.948. The Bertz CT molecular complexity index is 978. The van der Waals surface area contributed by atoms with Crippen molar-refractivity contribution in [2.24, 2.45) is 5.92 Å². The second-order valence-electron chi connectivity index (χ2n) is 7.50. The number of aliphatic hydroxyl groups is 1. The van der Waals surface area contributed by atoms with Gasteiger partial charge in [-0.1, -0.05) is 13.0 Å². The number of carbonyl (C=O) groups excluding carboxylic acids is 1. The summed E-state index contributed by atoms with van der Waals surface area (Å²) in [5.74, 6) is 1.17. The largest absolute Gasteiger partial charge is 0.396 e. The van der Waals surface area contributed by atoms with Crippen molar-refractivity contribution < 1.29 is 9.90 Å². The Kier molecular flexibility index (Phi) is 6.12. The van der Waals surface area contributed by atoms with Crippen molar-refractivity contribution in [3.8, 4) is 0 Å². The summed E-state index contributed by atoms with van der Waals surface area (Å²) in [6, 6.07) is 4.38. The number of aryl methyl sites for hydroxylation is 1. The van der Waals surface area contributed by atoms with Crippen LogP contribution in [0.5, 0.6) is 0 Å². The van der Waals surface area contributed by atoms with Crippen LogP contribution in [0.25, 0.3) is 10.2 Å². The van der Waals surface area contributed by atoms with Crippen molar-refractivity contribution in [3.05, 3.63) is 39.2 Å². The molecule has 1 amide bonds. The molecule has 0 spiro atoms. The van der Waals surface area contributed by atoms with E-state index >= 15 is 0 Å². The van der Waals surface area contributed by atoms with Gasteiger partial charge in [0.15, 0.2) is 0 Å². The highest BCUT2D eigenvalue weighted by Crippen LogP contribution is 2.36. The molecule has 0 aliphatic carbocycles. The summed E-state index contributed by atoms with van der Waals surface area (Å²) in [7, 11) is 0. The third kappa shape index (κ3) is 4.01. The first-order valence-electron chi connectivity index (χ1n) is 10.1. The van der Waals surface area contributed by atoms with Gasteiger partial charge in [0, 0.05) is 24.6 Å². The molecule has 154 valence electrons. The molecule has 0 saturated carbocycles. The predicted molar refractivity (Wildman–Crippen MR) is 119 cm³/mol. The maximum Gasteiger partial charge on any atom is 0.264 e. The zero-order valence-electron chi connectivity index (χ0n) is 16.7. The van der Waals surface area contributed by atoms with Crippen LogP contribution in [-0.4, -0.2) is 45.6 Å². The lowest BCUT2D eigenvalue weighted by Gasteiger charge is -2.31. The second-order valence-corrected chi connectivity index (χ2v) is 9.48. The Morgan fingerprint density at radius 1 is 1.38 bits per heavy atom. The Hall–Kier alpha value is -2.03. The fourth-order valence-electron chi connectivity index (χ4n) is 3.88. The maximum absolute atomic E-state index is 13.2. The Balaban J connectivity index is 1.62. The van der Waals surface area contributed by atoms with E-state index in [1.54, 1.807) is 17.7 Å². The van der Waals surface area contributed by atoms with Gasteiger partial charge in [-0.05, 0) is 49.1 Å². The molecule has 1 atom stereocenters. The number of nitrogens with one attached hydrogen (secondary N) is 1. The van der Waals surface area contributed by atoms with Gasteiger partial charge in [0.25, 0.3) is 5.91 Å². The number of fused-ring (bicyclic) bond motifs is 1. The number of likely N-dealkylation sites (tertiary alicyclic amines) is 1. The highest BCUT2D eigenvalue weighted by atomic mass is 32.1. The van der Waals surface area contributed by atoms with Gasteiger partial charge in [0.05, 0.1) is 16.3 Å². The first-order chi connectivity index (χ1) is 14.1. The topological polar surface area (TPSA) is 78.4 Å². The van der Waals surface area contributed by atoms with Crippen LogP contribution >= 0.6 is 22.7 Å². The molecular formula is C21H26N4O2S2. The summed E-state index contributed by atoms with van der Waals surface area (Å²) >= 11 is 3.18. The lowest BCUT2D eigenvalue weighted by atomic mass is 9.97. The average Bonchev–Trinajstić information content (AvgIpc) is 3.40. The number of nitrogens with zero attached hydrogens (tertiary/aromatic N) is 3. The molecule has 6 nitrogen and oxygen atoms in total. The van der Waals surface area contributed by atoms with Crippen LogP contribution in [0.4, 0.5) is 5.82 Å². The van der Waals surface area contributed by atoms with E-state index in [0.717, 1.165) is 45.7 Å². The van der Waals surface area contributed by atoms with E-state index in [9.17, 15) is 9.90 Å². The number of thiophene rings is 2. The number of amides is 1. The van der Waals surface area contributed by atoms with E-state index < -0.39 is 0 Å². The minimum atomic E-state index is 0.0677. The molecule has 0 unspecified atom stereocenters. The van der Waals surface area contributed by atoms with Gasteiger partial charge in [-0.15, -0.1) is 22.7 Å². The third-order valence-electron chi connectivity index (χ3n) is 5.69. The summed E-state index contributed by atoms with van der Waals surface area (Å²) in [4.78, 5) is 26.9. The van der Waals surface area contributed by atoms with Crippen molar-refractivity contribution in [2.45, 2.75) is 39.2 Å². The minimum Gasteiger partial charge on any atom is -0.396 e. The number of carbonyl (C=O) groups is 1. The average molecular weight is 431 g/mol. The number of rotatable bonds is 6. The number of piperidine rings is 1. The molecule has 1 saturated heterocycles. The van der Waals surface area contributed by atoms with Gasteiger partial charge in [0.2, 0.25) is 0 Å². The number of aliphatic hydroxyl groups excluding tert-OH is 1. The number of anilines is 1. The van der Waals surface area contributed by atoms with Crippen LogP contribution in [-0.2, 0) is 0 Å². The molecule has 4 rings (SSSR count). The van der Waals surface area contributed by atoms with E-state index in [1.807, 2.05) is 11.8 Å². The molecule has 3 aromatic heterocycles. The van der Waals surface area contributed by atoms with Crippen LogP contribution in [0, 0.1) is 12.8 Å². The standard InChI is InChI=1S/C21H26N4O2S2/c1-3-15(16-5-4-10-28-16)24-19-17-13(2)18(29-20(17)23-12-22-19)21(27)25-8-6-14(11-26)7-9-25/h4-5,10,12,14-15,26H,3,6-9,11H2,1-2H3,(H,22,23,24)/t15-/m1/s1. The van der Waals surface area contributed by atoms with E-state index in [4.69, 9.17) is 0 Å². The van der Waals surface area contributed by atoms with Gasteiger partial charge in [-0.3, -0.25) is 4.79 Å². The quantitative estimate of drug-likeness (QED) is 0.603. The molecule has 0 radical (unpaired) electrons. The molecule has 29 heavy (non-hydrogen) atoms. The van der Waals surface area contributed by atoms with Crippen molar-refractivity contribution in [1.29, 1.82) is 0 Å². The van der Waals surface area contributed by atoms with Crippen molar-refractivity contribution >= 4 is 44.6 Å². The van der Waals surface area contributed by atoms with Crippen LogP contribution in [0.3, 0.4) is 0 Å². The Morgan fingerprint density at radius 2 is 2.17 bits per heavy atom. The van der Waals surface area contributed by atoms with E-state index in [2.05, 4.69) is 39.7 Å². The van der Waals surface area contributed by atoms with Gasteiger partial charge in [0.1, 0.15) is 17.0 Å². The van der Waals surface area contributed by atoms with Crippen molar-refractivity contribution in [2.75, 3.05) is 25.0 Å². The van der Waals surface area contributed by atoms with E-state index in [1.165, 1.54) is 16.2 Å². The van der Waals surface area contributed by atoms with Crippen molar-refractivity contribution in [3.63, 3.8) is 0 Å². The molecular weight excluding hydrogens is 404 g/mol. The van der Waals surface area contributed by atoms with Crippen LogP contribution in [0.15, 0.2) is 23.8 Å². The Labute approximate surface area is 178 Å². The molecule has 0 aromatic carbocycles. The molecule has 1 aliphatic rings. The SMILES string of the molecule is CC[C@@H](Nc1ncnc2sc(C(=O)N3CCC(CO)CC3)c(C)c12)c1cccs1. The summed E-state index contributed by atoms with van der Waals surface area (Å²) in [5, 5.41) is 15.9. The van der Waals surface area contributed by atoms with Gasteiger partial charge < -0.3 is 15.3 Å². The normalized spacial score (nSPS) is 16.3. The predicted octanol–water partition coefficient (Wildman–Crippen LogP) is 4.47. The zero-order valence-corrected chi connectivity index (χ0v) is 18.4.